The van der Waals surface area contributed by atoms with Crippen molar-refractivity contribution in [2.75, 3.05) is 5.73 Å². The molecule has 0 aliphatic carbocycles. The van der Waals surface area contributed by atoms with Gasteiger partial charge in [-0.05, 0) is 50.1 Å². The van der Waals surface area contributed by atoms with Gasteiger partial charge in [-0.1, -0.05) is 6.07 Å². The molecule has 3 rings (SSSR count). The van der Waals surface area contributed by atoms with Gasteiger partial charge in [-0.2, -0.15) is 9.50 Å². The van der Waals surface area contributed by atoms with E-state index in [1.54, 1.807) is 10.7 Å². The average Bonchev–Trinajstić information content (AvgIpc) is 2.77. The van der Waals surface area contributed by atoms with E-state index in [9.17, 15) is 0 Å². The maximum absolute atomic E-state index is 6.02. The predicted octanol–water partition coefficient (Wildman–Crippen LogP) is 2.46. The zero-order chi connectivity index (χ0) is 15.0. The number of nitrogens with zero attached hydrogens (tertiary/aromatic N) is 4. The first kappa shape index (κ1) is 13.4. The summed E-state index contributed by atoms with van der Waals surface area (Å²) in [4.78, 5) is 8.19. The zero-order valence-electron chi connectivity index (χ0n) is 12.2. The van der Waals surface area contributed by atoms with Gasteiger partial charge in [0.25, 0.3) is 5.78 Å². The van der Waals surface area contributed by atoms with Crippen LogP contribution in [0.15, 0.2) is 30.5 Å². The van der Waals surface area contributed by atoms with Crippen LogP contribution in [0.1, 0.15) is 29.8 Å². The van der Waals surface area contributed by atoms with Crippen LogP contribution in [0.5, 0.6) is 5.75 Å². The van der Waals surface area contributed by atoms with Gasteiger partial charge in [-0.15, -0.1) is 5.10 Å². The van der Waals surface area contributed by atoms with Gasteiger partial charge >= 0.3 is 0 Å². The molecule has 6 nitrogen and oxygen atoms in total. The monoisotopic (exact) mass is 283 g/mol. The van der Waals surface area contributed by atoms with E-state index in [-0.39, 0.29) is 12.1 Å². The fourth-order valence-electron chi connectivity index (χ4n) is 2.40. The fraction of sp³-hybridized carbons (Fsp3) is 0.267. The molecule has 1 aromatic carbocycles. The van der Waals surface area contributed by atoms with Crippen LogP contribution >= 0.6 is 0 Å². The lowest BCUT2D eigenvalue weighted by atomic mass is 10.1. The second-order valence-corrected chi connectivity index (χ2v) is 5.14. The molecule has 6 heteroatoms. The summed E-state index contributed by atoms with van der Waals surface area (Å²) >= 11 is 0. The Hall–Kier alpha value is -2.63. The highest BCUT2D eigenvalue weighted by molar-refractivity contribution is 5.36. The Bertz CT molecular complexity index is 776. The lowest BCUT2D eigenvalue weighted by Crippen LogP contribution is -2.10. The summed E-state index contributed by atoms with van der Waals surface area (Å²) in [6.07, 6.45) is 1.48. The fourth-order valence-corrected chi connectivity index (χ4v) is 2.40. The number of nitrogens with two attached hydrogens (primary N) is 1. The van der Waals surface area contributed by atoms with E-state index in [4.69, 9.17) is 10.5 Å². The second kappa shape index (κ2) is 5.05. The van der Waals surface area contributed by atoms with Crippen LogP contribution in [0, 0.1) is 13.8 Å². The number of nitrogen functional groups attached to an aromatic ring is 1. The molecule has 0 aliphatic heterocycles. The van der Waals surface area contributed by atoms with E-state index in [2.05, 4.69) is 21.1 Å². The van der Waals surface area contributed by atoms with E-state index in [1.165, 1.54) is 11.1 Å². The van der Waals surface area contributed by atoms with Gasteiger partial charge in [0.15, 0.2) is 0 Å². The first-order valence-corrected chi connectivity index (χ1v) is 6.75. The van der Waals surface area contributed by atoms with E-state index in [0.717, 1.165) is 11.4 Å². The summed E-state index contributed by atoms with van der Waals surface area (Å²) < 4.78 is 7.64. The molecular weight excluding hydrogens is 266 g/mol. The molecule has 0 spiro atoms. The number of hydrogen-bond acceptors (Lipinski definition) is 5. The Kier molecular flexibility index (Phi) is 3.21. The van der Waals surface area contributed by atoms with Crippen molar-refractivity contribution in [2.45, 2.75) is 26.9 Å². The van der Waals surface area contributed by atoms with Crippen LogP contribution in [0.25, 0.3) is 5.78 Å². The molecular formula is C15H17N5O. The largest absolute Gasteiger partial charge is 0.484 e. The van der Waals surface area contributed by atoms with E-state index >= 15 is 0 Å². The number of aromatic nitrogens is 4. The molecule has 2 N–H and O–H groups in total. The van der Waals surface area contributed by atoms with Crippen molar-refractivity contribution in [1.29, 1.82) is 0 Å². The van der Waals surface area contributed by atoms with Gasteiger partial charge in [0.1, 0.15) is 11.9 Å². The topological polar surface area (TPSA) is 78.3 Å². The number of rotatable bonds is 3. The molecule has 0 saturated carbocycles. The predicted molar refractivity (Wildman–Crippen MR) is 80.2 cm³/mol. The number of aryl methyl sites for hydroxylation is 2. The van der Waals surface area contributed by atoms with Crippen LogP contribution in [-0.2, 0) is 0 Å². The molecule has 2 heterocycles. The van der Waals surface area contributed by atoms with Gasteiger partial charge < -0.3 is 10.5 Å². The number of fused-ring (bicyclic) bond motifs is 1. The highest BCUT2D eigenvalue weighted by atomic mass is 16.5. The Morgan fingerprint density at radius 3 is 2.62 bits per heavy atom. The molecule has 0 amide bonds. The molecule has 21 heavy (non-hydrogen) atoms. The van der Waals surface area contributed by atoms with E-state index in [1.807, 2.05) is 39.0 Å². The molecule has 0 radical (unpaired) electrons. The SMILES string of the molecule is Cc1cc(C)cc(OC(C)c2ccnc3nc(N)nn23)c1. The smallest absolute Gasteiger partial charge is 0.254 e. The van der Waals surface area contributed by atoms with Crippen molar-refractivity contribution >= 4 is 11.7 Å². The lowest BCUT2D eigenvalue weighted by Gasteiger charge is -2.16. The minimum atomic E-state index is -0.196. The summed E-state index contributed by atoms with van der Waals surface area (Å²) in [5.74, 6) is 1.51. The summed E-state index contributed by atoms with van der Waals surface area (Å²) in [6.45, 7) is 6.06. The van der Waals surface area contributed by atoms with Crippen LogP contribution in [0.3, 0.4) is 0 Å². The number of ether oxygens (including phenoxy) is 1. The number of benzene rings is 1. The van der Waals surface area contributed by atoms with Gasteiger partial charge in [0.05, 0.1) is 5.69 Å². The normalized spacial score (nSPS) is 12.5. The summed E-state index contributed by atoms with van der Waals surface area (Å²) in [5.41, 5.74) is 8.82. The van der Waals surface area contributed by atoms with Crippen molar-refractivity contribution in [3.05, 3.63) is 47.3 Å². The molecule has 1 atom stereocenters. The number of anilines is 1. The molecule has 3 aromatic rings. The summed E-state index contributed by atoms with van der Waals surface area (Å²) in [7, 11) is 0. The Labute approximate surface area is 122 Å². The lowest BCUT2D eigenvalue weighted by molar-refractivity contribution is 0.218. The maximum atomic E-state index is 6.02. The van der Waals surface area contributed by atoms with Crippen molar-refractivity contribution in [3.8, 4) is 5.75 Å². The zero-order valence-corrected chi connectivity index (χ0v) is 12.2. The van der Waals surface area contributed by atoms with Crippen LogP contribution in [0.4, 0.5) is 5.95 Å². The van der Waals surface area contributed by atoms with Crippen molar-refractivity contribution in [1.82, 2.24) is 19.6 Å². The van der Waals surface area contributed by atoms with Crippen molar-refractivity contribution < 1.29 is 4.74 Å². The molecule has 0 aliphatic rings. The third kappa shape index (κ3) is 2.65. The van der Waals surface area contributed by atoms with Crippen LogP contribution in [0.2, 0.25) is 0 Å². The van der Waals surface area contributed by atoms with Crippen LogP contribution in [-0.4, -0.2) is 19.6 Å². The Morgan fingerprint density at radius 2 is 1.90 bits per heavy atom. The summed E-state index contributed by atoms with van der Waals surface area (Å²) in [6, 6.07) is 7.99. The third-order valence-electron chi connectivity index (χ3n) is 3.21. The number of hydrogen-bond donors (Lipinski definition) is 1. The molecule has 0 fully saturated rings. The standard InChI is InChI=1S/C15H17N5O/c1-9-6-10(2)8-12(7-9)21-11(3)13-4-5-17-15-18-14(16)19-20(13)15/h4-8,11H,1-3H3,(H2,16,19). The maximum Gasteiger partial charge on any atom is 0.254 e. The Morgan fingerprint density at radius 1 is 1.19 bits per heavy atom. The third-order valence-corrected chi connectivity index (χ3v) is 3.21. The quantitative estimate of drug-likeness (QED) is 0.798. The average molecular weight is 283 g/mol. The molecule has 0 bridgehead atoms. The van der Waals surface area contributed by atoms with Gasteiger partial charge in [0.2, 0.25) is 5.95 Å². The van der Waals surface area contributed by atoms with Crippen molar-refractivity contribution in [3.63, 3.8) is 0 Å². The highest BCUT2D eigenvalue weighted by Crippen LogP contribution is 2.23. The van der Waals surface area contributed by atoms with Crippen LogP contribution < -0.4 is 10.5 Å². The first-order valence-electron chi connectivity index (χ1n) is 6.75. The Balaban J connectivity index is 1.95. The van der Waals surface area contributed by atoms with Gasteiger partial charge in [-0.25, -0.2) is 4.98 Å². The highest BCUT2D eigenvalue weighted by Gasteiger charge is 2.14. The van der Waals surface area contributed by atoms with Crippen molar-refractivity contribution in [2.24, 2.45) is 0 Å². The van der Waals surface area contributed by atoms with E-state index in [0.29, 0.717) is 5.78 Å². The molecule has 2 aromatic heterocycles. The second-order valence-electron chi connectivity index (χ2n) is 5.14. The minimum Gasteiger partial charge on any atom is -0.484 e. The van der Waals surface area contributed by atoms with Gasteiger partial charge in [-0.3, -0.25) is 0 Å². The molecule has 1 unspecified atom stereocenters. The van der Waals surface area contributed by atoms with Gasteiger partial charge in [0, 0.05) is 6.20 Å². The van der Waals surface area contributed by atoms with E-state index < -0.39 is 0 Å². The molecule has 0 saturated heterocycles. The molecule has 108 valence electrons. The minimum absolute atomic E-state index is 0.196. The first-order chi connectivity index (χ1) is 10.0. The summed E-state index contributed by atoms with van der Waals surface area (Å²) in [5, 5.41) is 4.15.